The third-order valence-corrected chi connectivity index (χ3v) is 4.68. The van der Waals surface area contributed by atoms with Crippen LogP contribution >= 0.6 is 11.3 Å². The van der Waals surface area contributed by atoms with Gasteiger partial charge in [0.05, 0.1) is 17.2 Å². The number of fused-ring (bicyclic) bond motifs is 1. The average molecular weight is 286 g/mol. The minimum atomic E-state index is 0.208. The summed E-state index contributed by atoms with van der Waals surface area (Å²) in [6, 6.07) is 8.70. The standard InChI is InChI=1S/C16H18N2OS/c1-18(16(19)9-7-13-10-20-11-17-13)15-8-6-12-4-2-3-5-14(12)15/h2-5,10-11,15H,6-9H2,1H3/t15-/m1/s1. The van der Waals surface area contributed by atoms with Gasteiger partial charge in [-0.05, 0) is 30.4 Å². The van der Waals surface area contributed by atoms with Crippen molar-refractivity contribution in [2.24, 2.45) is 0 Å². The zero-order valence-corrected chi connectivity index (χ0v) is 12.4. The van der Waals surface area contributed by atoms with Crippen molar-refractivity contribution in [3.05, 3.63) is 52.0 Å². The Bertz CT molecular complexity index is 594. The van der Waals surface area contributed by atoms with Crippen LogP contribution < -0.4 is 0 Å². The molecule has 0 bridgehead atoms. The molecule has 0 fully saturated rings. The summed E-state index contributed by atoms with van der Waals surface area (Å²) in [6.45, 7) is 0. The number of rotatable bonds is 4. The SMILES string of the molecule is CN(C(=O)CCc1cscn1)[C@@H]1CCc2ccccc21. The van der Waals surface area contributed by atoms with Crippen LogP contribution in [0.2, 0.25) is 0 Å². The number of carbonyl (C=O) groups is 1. The smallest absolute Gasteiger partial charge is 0.223 e. The fourth-order valence-corrected chi connectivity index (χ4v) is 3.48. The summed E-state index contributed by atoms with van der Waals surface area (Å²) in [5, 5.41) is 2.01. The van der Waals surface area contributed by atoms with E-state index in [9.17, 15) is 4.79 Å². The number of benzene rings is 1. The molecule has 1 atom stereocenters. The molecule has 0 saturated heterocycles. The monoisotopic (exact) mass is 286 g/mol. The number of hydrogen-bond donors (Lipinski definition) is 0. The summed E-state index contributed by atoms with van der Waals surface area (Å²) in [4.78, 5) is 18.5. The highest BCUT2D eigenvalue weighted by molar-refractivity contribution is 7.07. The van der Waals surface area contributed by atoms with Crippen LogP contribution in [0.15, 0.2) is 35.2 Å². The molecular weight excluding hydrogens is 268 g/mol. The van der Waals surface area contributed by atoms with Crippen LogP contribution in [-0.2, 0) is 17.6 Å². The third kappa shape index (κ3) is 2.61. The van der Waals surface area contributed by atoms with Crippen molar-refractivity contribution < 1.29 is 4.79 Å². The van der Waals surface area contributed by atoms with E-state index < -0.39 is 0 Å². The maximum absolute atomic E-state index is 12.3. The first kappa shape index (κ1) is 13.3. The van der Waals surface area contributed by atoms with Gasteiger partial charge in [0.15, 0.2) is 0 Å². The normalized spacial score (nSPS) is 16.9. The molecule has 1 aliphatic carbocycles. The summed E-state index contributed by atoms with van der Waals surface area (Å²) in [5.41, 5.74) is 5.54. The summed E-state index contributed by atoms with van der Waals surface area (Å²) < 4.78 is 0. The van der Waals surface area contributed by atoms with Crippen LogP contribution in [0.25, 0.3) is 0 Å². The van der Waals surface area contributed by atoms with Crippen molar-refractivity contribution in [3.8, 4) is 0 Å². The molecule has 1 aliphatic rings. The first-order valence-corrected chi connectivity index (χ1v) is 7.90. The molecule has 1 amide bonds. The molecule has 1 aromatic carbocycles. The Balaban J connectivity index is 1.64. The summed E-state index contributed by atoms with van der Waals surface area (Å²) in [5.74, 6) is 0.208. The molecule has 0 radical (unpaired) electrons. The van der Waals surface area contributed by atoms with Crippen molar-refractivity contribution in [1.29, 1.82) is 0 Å². The maximum atomic E-state index is 12.3. The molecule has 0 unspecified atom stereocenters. The lowest BCUT2D eigenvalue weighted by Gasteiger charge is -2.25. The van der Waals surface area contributed by atoms with Crippen LogP contribution in [0, 0.1) is 0 Å². The van der Waals surface area contributed by atoms with Gasteiger partial charge in [0.1, 0.15) is 0 Å². The van der Waals surface area contributed by atoms with Gasteiger partial charge in [-0.25, -0.2) is 4.98 Å². The number of nitrogens with zero attached hydrogens (tertiary/aromatic N) is 2. The Morgan fingerprint density at radius 2 is 2.30 bits per heavy atom. The van der Waals surface area contributed by atoms with Gasteiger partial charge in [-0.2, -0.15) is 0 Å². The van der Waals surface area contributed by atoms with E-state index in [-0.39, 0.29) is 11.9 Å². The van der Waals surface area contributed by atoms with Gasteiger partial charge in [-0.15, -0.1) is 11.3 Å². The van der Waals surface area contributed by atoms with Gasteiger partial charge in [0, 0.05) is 18.8 Å². The van der Waals surface area contributed by atoms with Gasteiger partial charge in [-0.1, -0.05) is 24.3 Å². The minimum Gasteiger partial charge on any atom is -0.339 e. The van der Waals surface area contributed by atoms with E-state index in [1.165, 1.54) is 11.1 Å². The number of aryl methyl sites for hydroxylation is 2. The fourth-order valence-electron chi connectivity index (χ4n) is 2.88. The fraction of sp³-hybridized carbons (Fsp3) is 0.375. The summed E-state index contributed by atoms with van der Waals surface area (Å²) in [7, 11) is 1.93. The summed E-state index contributed by atoms with van der Waals surface area (Å²) >= 11 is 1.58. The Morgan fingerprint density at radius 3 is 3.10 bits per heavy atom. The molecule has 3 rings (SSSR count). The molecule has 1 heterocycles. The lowest BCUT2D eigenvalue weighted by molar-refractivity contribution is -0.132. The second-order valence-electron chi connectivity index (χ2n) is 5.24. The number of aromatic nitrogens is 1. The zero-order chi connectivity index (χ0) is 13.9. The van der Waals surface area contributed by atoms with Crippen LogP contribution in [0.5, 0.6) is 0 Å². The molecule has 20 heavy (non-hydrogen) atoms. The second-order valence-corrected chi connectivity index (χ2v) is 5.96. The maximum Gasteiger partial charge on any atom is 0.223 e. The Kier molecular flexibility index (Phi) is 3.83. The summed E-state index contributed by atoms with van der Waals surface area (Å²) in [6.07, 6.45) is 3.39. The van der Waals surface area contributed by atoms with Gasteiger partial charge in [-0.3, -0.25) is 4.79 Å². The van der Waals surface area contributed by atoms with Crippen molar-refractivity contribution in [1.82, 2.24) is 9.88 Å². The van der Waals surface area contributed by atoms with Gasteiger partial charge in [0.2, 0.25) is 5.91 Å². The molecule has 1 aromatic heterocycles. The quantitative estimate of drug-likeness (QED) is 0.864. The predicted molar refractivity (Wildman–Crippen MR) is 80.7 cm³/mol. The van der Waals surface area contributed by atoms with E-state index in [1.807, 2.05) is 22.8 Å². The average Bonchev–Trinajstić information content (AvgIpc) is 3.13. The lowest BCUT2D eigenvalue weighted by atomic mass is 10.1. The molecule has 4 heteroatoms. The van der Waals surface area contributed by atoms with Crippen molar-refractivity contribution in [2.45, 2.75) is 31.7 Å². The molecule has 0 saturated carbocycles. The van der Waals surface area contributed by atoms with Crippen molar-refractivity contribution >= 4 is 17.2 Å². The first-order valence-electron chi connectivity index (χ1n) is 6.96. The molecule has 0 N–H and O–H groups in total. The largest absolute Gasteiger partial charge is 0.339 e. The highest BCUT2D eigenvalue weighted by Crippen LogP contribution is 2.35. The zero-order valence-electron chi connectivity index (χ0n) is 11.6. The number of carbonyl (C=O) groups excluding carboxylic acids is 1. The van der Waals surface area contributed by atoms with Crippen LogP contribution in [0.4, 0.5) is 0 Å². The van der Waals surface area contributed by atoms with Crippen molar-refractivity contribution in [3.63, 3.8) is 0 Å². The van der Waals surface area contributed by atoms with Gasteiger partial charge in [0.25, 0.3) is 0 Å². The number of amides is 1. The third-order valence-electron chi connectivity index (χ3n) is 4.04. The highest BCUT2D eigenvalue weighted by atomic mass is 32.1. The van der Waals surface area contributed by atoms with Gasteiger partial charge < -0.3 is 4.90 Å². The van der Waals surface area contributed by atoms with Crippen LogP contribution in [0.1, 0.15) is 35.7 Å². The van der Waals surface area contributed by atoms with E-state index in [0.29, 0.717) is 6.42 Å². The van der Waals surface area contributed by atoms with E-state index in [1.54, 1.807) is 11.3 Å². The predicted octanol–water partition coefficient (Wildman–Crippen LogP) is 3.22. The van der Waals surface area contributed by atoms with Crippen LogP contribution in [0.3, 0.4) is 0 Å². The minimum absolute atomic E-state index is 0.208. The van der Waals surface area contributed by atoms with Crippen molar-refractivity contribution in [2.75, 3.05) is 7.05 Å². The topological polar surface area (TPSA) is 33.2 Å². The number of thiazole rings is 1. The van der Waals surface area contributed by atoms with Crippen LogP contribution in [-0.4, -0.2) is 22.8 Å². The molecule has 104 valence electrons. The van der Waals surface area contributed by atoms with E-state index in [0.717, 1.165) is 25.0 Å². The Labute approximate surface area is 123 Å². The number of hydrogen-bond acceptors (Lipinski definition) is 3. The highest BCUT2D eigenvalue weighted by Gasteiger charge is 2.27. The Hall–Kier alpha value is -1.68. The molecule has 0 spiro atoms. The van der Waals surface area contributed by atoms with Gasteiger partial charge >= 0.3 is 0 Å². The van der Waals surface area contributed by atoms with E-state index in [2.05, 4.69) is 29.2 Å². The van der Waals surface area contributed by atoms with E-state index >= 15 is 0 Å². The second kappa shape index (κ2) is 5.75. The first-order chi connectivity index (χ1) is 9.75. The Morgan fingerprint density at radius 1 is 1.45 bits per heavy atom. The van der Waals surface area contributed by atoms with E-state index in [4.69, 9.17) is 0 Å². The molecular formula is C16H18N2OS. The molecule has 0 aliphatic heterocycles. The lowest BCUT2D eigenvalue weighted by Crippen LogP contribution is -2.30. The molecule has 3 nitrogen and oxygen atoms in total. The molecule has 2 aromatic rings.